The lowest BCUT2D eigenvalue weighted by atomic mass is 10.2. The monoisotopic (exact) mass is 395 g/mol. The Kier molecular flexibility index (Phi) is 7.82. The van der Waals surface area contributed by atoms with Gasteiger partial charge >= 0.3 is 0 Å². The van der Waals surface area contributed by atoms with E-state index in [9.17, 15) is 0 Å². The molecule has 0 aliphatic carbocycles. The first-order chi connectivity index (χ1) is 9.75. The lowest BCUT2D eigenvalue weighted by Crippen LogP contribution is -2.36. The summed E-state index contributed by atoms with van der Waals surface area (Å²) >= 11 is 0. The van der Waals surface area contributed by atoms with E-state index in [0.717, 1.165) is 12.5 Å². The van der Waals surface area contributed by atoms with Crippen molar-refractivity contribution in [1.29, 1.82) is 0 Å². The van der Waals surface area contributed by atoms with Gasteiger partial charge in [-0.05, 0) is 11.1 Å². The molecular weight excluding hydrogens is 373 g/mol. The van der Waals surface area contributed by atoms with Crippen molar-refractivity contribution >= 4 is 29.9 Å². The highest BCUT2D eigenvalue weighted by Crippen LogP contribution is 2.01. The Labute approximate surface area is 144 Å². The molecule has 4 heteroatoms. The third kappa shape index (κ3) is 6.16. The van der Waals surface area contributed by atoms with Crippen LogP contribution in [0.3, 0.4) is 0 Å². The molecule has 0 heterocycles. The van der Waals surface area contributed by atoms with Crippen molar-refractivity contribution < 1.29 is 0 Å². The molecule has 0 saturated carbocycles. The quantitative estimate of drug-likeness (QED) is 0.488. The number of hydrogen-bond donors (Lipinski definition) is 1. The lowest BCUT2D eigenvalue weighted by Gasteiger charge is -2.17. The van der Waals surface area contributed by atoms with Crippen LogP contribution < -0.4 is 5.32 Å². The van der Waals surface area contributed by atoms with Gasteiger partial charge in [-0.3, -0.25) is 0 Å². The summed E-state index contributed by atoms with van der Waals surface area (Å²) in [7, 11) is 4.00. The number of hydrogen-bond acceptors (Lipinski definition) is 1. The molecule has 1 N–H and O–H groups in total. The molecule has 0 atom stereocenters. The van der Waals surface area contributed by atoms with Gasteiger partial charge in [-0.25, -0.2) is 4.99 Å². The van der Waals surface area contributed by atoms with Gasteiger partial charge in [-0.15, -0.1) is 24.0 Å². The van der Waals surface area contributed by atoms with Gasteiger partial charge in [0.25, 0.3) is 0 Å². The molecule has 21 heavy (non-hydrogen) atoms. The number of guanidine groups is 1. The Morgan fingerprint density at radius 1 is 0.905 bits per heavy atom. The van der Waals surface area contributed by atoms with Gasteiger partial charge in [0.2, 0.25) is 0 Å². The minimum Gasteiger partial charge on any atom is -0.352 e. The highest BCUT2D eigenvalue weighted by molar-refractivity contribution is 14.0. The van der Waals surface area contributed by atoms with Gasteiger partial charge in [0.05, 0.1) is 6.54 Å². The molecule has 0 unspecified atom stereocenters. The van der Waals surface area contributed by atoms with Crippen LogP contribution >= 0.6 is 24.0 Å². The first kappa shape index (κ1) is 17.5. The average molecular weight is 395 g/mol. The van der Waals surface area contributed by atoms with Crippen LogP contribution in [-0.2, 0) is 13.1 Å². The molecule has 0 fully saturated rings. The van der Waals surface area contributed by atoms with Crippen LogP contribution in [-0.4, -0.2) is 25.0 Å². The topological polar surface area (TPSA) is 27.6 Å². The Bertz CT molecular complexity index is 538. The molecule has 2 rings (SSSR count). The molecule has 0 aliphatic heterocycles. The second-order valence-electron chi connectivity index (χ2n) is 4.86. The van der Waals surface area contributed by atoms with Crippen molar-refractivity contribution in [1.82, 2.24) is 10.2 Å². The molecule has 0 spiro atoms. The van der Waals surface area contributed by atoms with Crippen molar-refractivity contribution in [3.63, 3.8) is 0 Å². The maximum atomic E-state index is 4.64. The normalized spacial score (nSPS) is 10.7. The Hall–Kier alpha value is -1.56. The predicted molar refractivity (Wildman–Crippen MR) is 100.0 cm³/mol. The Morgan fingerprint density at radius 3 is 1.95 bits per heavy atom. The summed E-state index contributed by atoms with van der Waals surface area (Å²) in [6.07, 6.45) is 0. The lowest BCUT2D eigenvalue weighted by molar-refractivity contribution is 0.578. The standard InChI is InChI=1S/C17H21N3.HI/c1-20(2)17(18-13-15-9-5-3-6-10-15)19-14-16-11-7-4-8-12-16;/h3-12H,13-14H2,1-2H3,(H,18,19);1H. The minimum atomic E-state index is 0. The SMILES string of the molecule is CN(C)C(=NCc1ccccc1)NCc1ccccc1.I. The van der Waals surface area contributed by atoms with Crippen molar-refractivity contribution in [2.24, 2.45) is 4.99 Å². The first-order valence-corrected chi connectivity index (χ1v) is 6.79. The molecular formula is C17H22IN3. The van der Waals surface area contributed by atoms with Gasteiger partial charge < -0.3 is 10.2 Å². The van der Waals surface area contributed by atoms with Crippen LogP contribution in [0.1, 0.15) is 11.1 Å². The number of rotatable bonds is 4. The first-order valence-electron chi connectivity index (χ1n) is 6.79. The van der Waals surface area contributed by atoms with Crippen LogP contribution in [0.5, 0.6) is 0 Å². The summed E-state index contributed by atoms with van der Waals surface area (Å²) in [6.45, 7) is 1.47. The van der Waals surface area contributed by atoms with E-state index < -0.39 is 0 Å². The van der Waals surface area contributed by atoms with E-state index >= 15 is 0 Å². The number of aliphatic imine (C=N–C) groups is 1. The summed E-state index contributed by atoms with van der Waals surface area (Å²) < 4.78 is 0. The minimum absolute atomic E-state index is 0. The van der Waals surface area contributed by atoms with Crippen molar-refractivity contribution in [3.8, 4) is 0 Å². The summed E-state index contributed by atoms with van der Waals surface area (Å²) in [6, 6.07) is 20.6. The smallest absolute Gasteiger partial charge is 0.194 e. The van der Waals surface area contributed by atoms with E-state index in [-0.39, 0.29) is 24.0 Å². The molecule has 0 amide bonds. The maximum absolute atomic E-state index is 4.64. The Balaban J connectivity index is 0.00000220. The van der Waals surface area contributed by atoms with Gasteiger partial charge in [-0.1, -0.05) is 60.7 Å². The molecule has 3 nitrogen and oxygen atoms in total. The molecule has 2 aromatic rings. The molecule has 0 aliphatic rings. The molecule has 2 aromatic carbocycles. The highest BCUT2D eigenvalue weighted by atomic mass is 127. The largest absolute Gasteiger partial charge is 0.352 e. The van der Waals surface area contributed by atoms with E-state index in [1.165, 1.54) is 11.1 Å². The number of halogens is 1. The fraction of sp³-hybridized carbons (Fsp3) is 0.235. The van der Waals surface area contributed by atoms with Crippen LogP contribution in [0.4, 0.5) is 0 Å². The van der Waals surface area contributed by atoms with Crippen LogP contribution in [0, 0.1) is 0 Å². The molecule has 0 radical (unpaired) electrons. The zero-order chi connectivity index (χ0) is 14.2. The maximum Gasteiger partial charge on any atom is 0.194 e. The van der Waals surface area contributed by atoms with Gasteiger partial charge in [-0.2, -0.15) is 0 Å². The number of benzene rings is 2. The summed E-state index contributed by atoms with van der Waals surface area (Å²) in [5.74, 6) is 0.901. The van der Waals surface area contributed by atoms with Crippen molar-refractivity contribution in [2.45, 2.75) is 13.1 Å². The fourth-order valence-corrected chi connectivity index (χ4v) is 1.88. The van der Waals surface area contributed by atoms with Gasteiger partial charge in [0.15, 0.2) is 5.96 Å². The van der Waals surface area contributed by atoms with Crippen LogP contribution in [0.25, 0.3) is 0 Å². The highest BCUT2D eigenvalue weighted by Gasteiger charge is 2.01. The zero-order valence-corrected chi connectivity index (χ0v) is 14.8. The van der Waals surface area contributed by atoms with E-state index in [2.05, 4.69) is 34.6 Å². The number of nitrogens with zero attached hydrogens (tertiary/aromatic N) is 2. The zero-order valence-electron chi connectivity index (χ0n) is 12.5. The van der Waals surface area contributed by atoms with Gasteiger partial charge in [0.1, 0.15) is 0 Å². The predicted octanol–water partition coefficient (Wildman–Crippen LogP) is 3.51. The van der Waals surface area contributed by atoms with Crippen molar-refractivity contribution in [2.75, 3.05) is 14.1 Å². The van der Waals surface area contributed by atoms with E-state index in [1.807, 2.05) is 55.4 Å². The average Bonchev–Trinajstić information content (AvgIpc) is 2.49. The second kappa shape index (κ2) is 9.39. The third-order valence-electron chi connectivity index (χ3n) is 2.97. The summed E-state index contributed by atoms with van der Waals surface area (Å²) in [5, 5.41) is 3.38. The molecule has 0 aromatic heterocycles. The second-order valence-corrected chi connectivity index (χ2v) is 4.86. The van der Waals surface area contributed by atoms with Crippen LogP contribution in [0.15, 0.2) is 65.7 Å². The van der Waals surface area contributed by atoms with E-state index in [0.29, 0.717) is 6.54 Å². The molecule has 112 valence electrons. The van der Waals surface area contributed by atoms with E-state index in [1.54, 1.807) is 0 Å². The molecule has 0 saturated heterocycles. The van der Waals surface area contributed by atoms with Gasteiger partial charge in [0, 0.05) is 20.6 Å². The summed E-state index contributed by atoms with van der Waals surface area (Å²) in [5.41, 5.74) is 2.47. The Morgan fingerprint density at radius 2 is 1.43 bits per heavy atom. The summed E-state index contributed by atoms with van der Waals surface area (Å²) in [4.78, 5) is 6.65. The number of nitrogens with one attached hydrogen (secondary N) is 1. The molecule has 0 bridgehead atoms. The van der Waals surface area contributed by atoms with Crippen LogP contribution in [0.2, 0.25) is 0 Å². The fourth-order valence-electron chi connectivity index (χ4n) is 1.88. The van der Waals surface area contributed by atoms with E-state index in [4.69, 9.17) is 0 Å². The van der Waals surface area contributed by atoms with Crippen molar-refractivity contribution in [3.05, 3.63) is 71.8 Å². The third-order valence-corrected chi connectivity index (χ3v) is 2.97.